The first-order valence-corrected chi connectivity index (χ1v) is 4.40. The summed E-state index contributed by atoms with van der Waals surface area (Å²) in [6, 6.07) is 0. The first-order valence-electron chi connectivity index (χ1n) is 4.00. The van der Waals surface area contributed by atoms with E-state index < -0.39 is 0 Å². The maximum atomic E-state index is 5.11. The SMILES string of the molecule is CCNC(=S)N/N=C1/CCOC1. The number of nitrogens with zero attached hydrogens (tertiary/aromatic N) is 1. The summed E-state index contributed by atoms with van der Waals surface area (Å²) in [5.74, 6) is 0. The molecule has 1 heterocycles. The molecule has 0 unspecified atom stereocenters. The second-order valence-corrected chi connectivity index (χ2v) is 2.86. The topological polar surface area (TPSA) is 45.7 Å². The molecule has 0 aromatic carbocycles. The predicted molar refractivity (Wildman–Crippen MR) is 52.3 cm³/mol. The van der Waals surface area contributed by atoms with Crippen molar-refractivity contribution in [2.75, 3.05) is 19.8 Å². The van der Waals surface area contributed by atoms with E-state index in [0.717, 1.165) is 25.3 Å². The molecule has 1 saturated heterocycles. The maximum Gasteiger partial charge on any atom is 0.186 e. The lowest BCUT2D eigenvalue weighted by Gasteiger charge is -2.03. The zero-order chi connectivity index (χ0) is 8.81. The van der Waals surface area contributed by atoms with Crippen LogP contribution in [0.2, 0.25) is 0 Å². The summed E-state index contributed by atoms with van der Waals surface area (Å²) < 4.78 is 5.11. The number of nitrogens with one attached hydrogen (secondary N) is 2. The van der Waals surface area contributed by atoms with E-state index in [1.165, 1.54) is 0 Å². The highest BCUT2D eigenvalue weighted by atomic mass is 32.1. The van der Waals surface area contributed by atoms with Crippen molar-refractivity contribution in [3.8, 4) is 0 Å². The van der Waals surface area contributed by atoms with Gasteiger partial charge in [0, 0.05) is 13.0 Å². The van der Waals surface area contributed by atoms with E-state index >= 15 is 0 Å². The van der Waals surface area contributed by atoms with Crippen molar-refractivity contribution in [1.82, 2.24) is 10.7 Å². The third-order valence-electron chi connectivity index (χ3n) is 1.46. The molecule has 0 aromatic rings. The van der Waals surface area contributed by atoms with Crippen molar-refractivity contribution in [3.63, 3.8) is 0 Å². The Morgan fingerprint density at radius 2 is 2.58 bits per heavy atom. The first kappa shape index (κ1) is 9.41. The van der Waals surface area contributed by atoms with E-state index in [-0.39, 0.29) is 0 Å². The summed E-state index contributed by atoms with van der Waals surface area (Å²) in [4.78, 5) is 0. The summed E-state index contributed by atoms with van der Waals surface area (Å²) in [5.41, 5.74) is 3.78. The van der Waals surface area contributed by atoms with Crippen molar-refractivity contribution in [2.45, 2.75) is 13.3 Å². The molecule has 2 N–H and O–H groups in total. The number of rotatable bonds is 2. The molecule has 1 aliphatic heterocycles. The van der Waals surface area contributed by atoms with Gasteiger partial charge in [-0.1, -0.05) is 0 Å². The van der Waals surface area contributed by atoms with Gasteiger partial charge >= 0.3 is 0 Å². The normalized spacial score (nSPS) is 19.6. The van der Waals surface area contributed by atoms with E-state index in [0.29, 0.717) is 11.7 Å². The quantitative estimate of drug-likeness (QED) is 0.480. The Kier molecular flexibility index (Phi) is 3.96. The van der Waals surface area contributed by atoms with Gasteiger partial charge in [0.25, 0.3) is 0 Å². The van der Waals surface area contributed by atoms with Gasteiger partial charge in [0.1, 0.15) is 0 Å². The minimum atomic E-state index is 0.567. The predicted octanol–water partition coefficient (Wildman–Crippen LogP) is 0.247. The molecule has 0 spiro atoms. The van der Waals surface area contributed by atoms with Gasteiger partial charge < -0.3 is 10.1 Å². The fraction of sp³-hybridized carbons (Fsp3) is 0.714. The highest BCUT2D eigenvalue weighted by Crippen LogP contribution is 1.97. The molecular formula is C7H13N3OS. The second-order valence-electron chi connectivity index (χ2n) is 2.45. The zero-order valence-corrected chi connectivity index (χ0v) is 7.91. The average Bonchev–Trinajstić information content (AvgIpc) is 2.53. The molecule has 0 amide bonds. The molecule has 0 aliphatic carbocycles. The molecule has 0 atom stereocenters. The molecule has 0 radical (unpaired) electrons. The molecule has 4 nitrogen and oxygen atoms in total. The maximum absolute atomic E-state index is 5.11. The van der Waals surface area contributed by atoms with Gasteiger partial charge in [-0.3, -0.25) is 5.43 Å². The second kappa shape index (κ2) is 5.05. The minimum absolute atomic E-state index is 0.567. The van der Waals surface area contributed by atoms with Crippen LogP contribution in [0.3, 0.4) is 0 Å². The number of hydrogen-bond donors (Lipinski definition) is 2. The van der Waals surface area contributed by atoms with E-state index in [1.54, 1.807) is 0 Å². The van der Waals surface area contributed by atoms with Crippen LogP contribution in [-0.4, -0.2) is 30.6 Å². The van der Waals surface area contributed by atoms with E-state index in [4.69, 9.17) is 17.0 Å². The van der Waals surface area contributed by atoms with E-state index in [1.807, 2.05) is 6.92 Å². The number of ether oxygens (including phenoxy) is 1. The van der Waals surface area contributed by atoms with Gasteiger partial charge in [0.2, 0.25) is 0 Å². The Hall–Kier alpha value is -0.680. The van der Waals surface area contributed by atoms with Crippen LogP contribution >= 0.6 is 12.2 Å². The van der Waals surface area contributed by atoms with Crippen molar-refractivity contribution in [1.29, 1.82) is 0 Å². The number of hydrazone groups is 1. The molecule has 1 fully saturated rings. The molecule has 1 rings (SSSR count). The fourth-order valence-electron chi connectivity index (χ4n) is 0.870. The lowest BCUT2D eigenvalue weighted by atomic mass is 10.3. The van der Waals surface area contributed by atoms with Crippen LogP contribution in [0.5, 0.6) is 0 Å². The van der Waals surface area contributed by atoms with Crippen molar-refractivity contribution in [3.05, 3.63) is 0 Å². The van der Waals surface area contributed by atoms with Crippen LogP contribution in [0.25, 0.3) is 0 Å². The van der Waals surface area contributed by atoms with E-state index in [2.05, 4.69) is 15.8 Å². The van der Waals surface area contributed by atoms with E-state index in [9.17, 15) is 0 Å². The lowest BCUT2D eigenvalue weighted by Crippen LogP contribution is -2.32. The highest BCUT2D eigenvalue weighted by molar-refractivity contribution is 7.80. The lowest BCUT2D eigenvalue weighted by molar-refractivity contribution is 0.209. The Morgan fingerprint density at radius 3 is 3.17 bits per heavy atom. The van der Waals surface area contributed by atoms with Crippen LogP contribution in [0.15, 0.2) is 5.10 Å². The summed E-state index contributed by atoms with van der Waals surface area (Å²) in [6.45, 7) is 4.20. The van der Waals surface area contributed by atoms with Crippen LogP contribution in [0.4, 0.5) is 0 Å². The average molecular weight is 187 g/mol. The highest BCUT2D eigenvalue weighted by Gasteiger charge is 2.07. The van der Waals surface area contributed by atoms with Gasteiger partial charge in [-0.2, -0.15) is 5.10 Å². The van der Waals surface area contributed by atoms with Crippen molar-refractivity contribution < 1.29 is 4.74 Å². The Morgan fingerprint density at radius 1 is 1.75 bits per heavy atom. The monoisotopic (exact) mass is 187 g/mol. The largest absolute Gasteiger partial charge is 0.375 e. The smallest absolute Gasteiger partial charge is 0.186 e. The molecule has 1 aliphatic rings. The summed E-state index contributed by atoms with van der Waals surface area (Å²) in [6.07, 6.45) is 0.905. The van der Waals surface area contributed by atoms with Gasteiger partial charge in [-0.15, -0.1) is 0 Å². The Labute approximate surface area is 77.4 Å². The van der Waals surface area contributed by atoms with Crippen LogP contribution in [-0.2, 0) is 4.74 Å². The number of thiocarbonyl (C=S) groups is 1. The zero-order valence-electron chi connectivity index (χ0n) is 7.09. The van der Waals surface area contributed by atoms with Gasteiger partial charge in [0.05, 0.1) is 18.9 Å². The third kappa shape index (κ3) is 3.15. The first-order chi connectivity index (χ1) is 5.83. The van der Waals surface area contributed by atoms with Gasteiger partial charge in [0.15, 0.2) is 5.11 Å². The fourth-order valence-corrected chi connectivity index (χ4v) is 1.06. The van der Waals surface area contributed by atoms with Crippen LogP contribution in [0.1, 0.15) is 13.3 Å². The molecule has 68 valence electrons. The Balaban J connectivity index is 2.22. The molecule has 12 heavy (non-hydrogen) atoms. The van der Waals surface area contributed by atoms with Gasteiger partial charge in [-0.05, 0) is 19.1 Å². The molecule has 0 bridgehead atoms. The minimum Gasteiger partial charge on any atom is -0.375 e. The Bertz CT molecular complexity index is 185. The molecule has 0 saturated carbocycles. The standard InChI is InChI=1S/C7H13N3OS/c1-2-8-7(12)10-9-6-3-4-11-5-6/h2-5H2,1H3,(H2,8,10,12)/b9-6-. The summed E-state index contributed by atoms with van der Waals surface area (Å²) >= 11 is 4.92. The van der Waals surface area contributed by atoms with Crippen LogP contribution < -0.4 is 10.7 Å². The van der Waals surface area contributed by atoms with Crippen molar-refractivity contribution >= 4 is 23.0 Å². The molecule has 0 aromatic heterocycles. The number of hydrogen-bond acceptors (Lipinski definition) is 3. The summed E-state index contributed by atoms with van der Waals surface area (Å²) in [7, 11) is 0. The summed E-state index contributed by atoms with van der Waals surface area (Å²) in [5, 5.41) is 7.59. The van der Waals surface area contributed by atoms with Crippen molar-refractivity contribution in [2.24, 2.45) is 5.10 Å². The molecule has 5 heteroatoms. The molecular weight excluding hydrogens is 174 g/mol. The third-order valence-corrected chi connectivity index (χ3v) is 1.69. The van der Waals surface area contributed by atoms with Gasteiger partial charge in [-0.25, -0.2) is 0 Å². The van der Waals surface area contributed by atoms with Crippen LogP contribution in [0, 0.1) is 0 Å².